The van der Waals surface area contributed by atoms with E-state index in [9.17, 15) is 18.0 Å². The number of nitrogens with zero attached hydrogens (tertiary/aromatic N) is 3. The Balaban J connectivity index is 2.06. The third-order valence-electron chi connectivity index (χ3n) is 2.82. The summed E-state index contributed by atoms with van der Waals surface area (Å²) < 4.78 is 41.3. The monoisotopic (exact) mass is 324 g/mol. The lowest BCUT2D eigenvalue weighted by atomic mass is 10.1. The molecule has 6 nitrogen and oxygen atoms in total. The van der Waals surface area contributed by atoms with E-state index in [1.807, 2.05) is 6.07 Å². The first-order valence-electron chi connectivity index (χ1n) is 6.49. The number of aromatic nitrogens is 2. The molecule has 23 heavy (non-hydrogen) atoms. The molecule has 1 atom stereocenters. The lowest BCUT2D eigenvalue weighted by Crippen LogP contribution is -2.32. The first kappa shape index (κ1) is 16.5. The van der Waals surface area contributed by atoms with Gasteiger partial charge >= 0.3 is 12.1 Å². The van der Waals surface area contributed by atoms with Crippen LogP contribution in [0.15, 0.2) is 28.8 Å². The average molecular weight is 324 g/mol. The SMILES string of the molecule is CC(C#N)NC(=O)Cc1ccc(-c2noc(C(F)(F)F)n2)cc1. The summed E-state index contributed by atoms with van der Waals surface area (Å²) in [6, 6.07) is 7.39. The van der Waals surface area contributed by atoms with Crippen molar-refractivity contribution >= 4 is 5.91 Å². The molecule has 9 heteroatoms. The summed E-state index contributed by atoms with van der Waals surface area (Å²) in [5.74, 6) is -1.93. The molecule has 1 heterocycles. The molecule has 0 radical (unpaired) electrons. The minimum Gasteiger partial charge on any atom is -0.340 e. The molecule has 1 aromatic carbocycles. The van der Waals surface area contributed by atoms with Gasteiger partial charge in [0.2, 0.25) is 11.7 Å². The van der Waals surface area contributed by atoms with Crippen molar-refractivity contribution in [3.63, 3.8) is 0 Å². The molecule has 0 aliphatic heterocycles. The van der Waals surface area contributed by atoms with Crippen LogP contribution >= 0.6 is 0 Å². The van der Waals surface area contributed by atoms with Crippen molar-refractivity contribution in [1.29, 1.82) is 5.26 Å². The Morgan fingerprint density at radius 2 is 2.04 bits per heavy atom. The molecule has 0 aliphatic rings. The largest absolute Gasteiger partial charge is 0.471 e. The molecule has 0 saturated heterocycles. The number of nitrogens with one attached hydrogen (secondary N) is 1. The quantitative estimate of drug-likeness (QED) is 0.932. The fourth-order valence-corrected chi connectivity index (χ4v) is 1.74. The van der Waals surface area contributed by atoms with E-state index in [2.05, 4.69) is 20.0 Å². The number of rotatable bonds is 4. The maximum atomic E-state index is 12.4. The highest BCUT2D eigenvalue weighted by molar-refractivity contribution is 5.79. The summed E-state index contributed by atoms with van der Waals surface area (Å²) in [4.78, 5) is 14.9. The Morgan fingerprint density at radius 1 is 1.39 bits per heavy atom. The van der Waals surface area contributed by atoms with Crippen LogP contribution in [0.1, 0.15) is 18.4 Å². The van der Waals surface area contributed by atoms with Crippen molar-refractivity contribution in [2.75, 3.05) is 0 Å². The minimum atomic E-state index is -4.69. The molecule has 1 amide bonds. The van der Waals surface area contributed by atoms with E-state index in [1.165, 1.54) is 12.1 Å². The van der Waals surface area contributed by atoms with Crippen molar-refractivity contribution in [2.24, 2.45) is 0 Å². The third-order valence-corrected chi connectivity index (χ3v) is 2.82. The van der Waals surface area contributed by atoms with Crippen molar-refractivity contribution < 1.29 is 22.5 Å². The number of alkyl halides is 3. The second kappa shape index (κ2) is 6.48. The zero-order valence-electron chi connectivity index (χ0n) is 11.9. The molecule has 0 bridgehead atoms. The van der Waals surface area contributed by atoms with Gasteiger partial charge in [0.05, 0.1) is 12.5 Å². The van der Waals surface area contributed by atoms with Gasteiger partial charge in [-0.2, -0.15) is 23.4 Å². The van der Waals surface area contributed by atoms with Gasteiger partial charge < -0.3 is 9.84 Å². The maximum absolute atomic E-state index is 12.4. The Kier molecular flexibility index (Phi) is 4.64. The maximum Gasteiger partial charge on any atom is 0.471 e. The van der Waals surface area contributed by atoms with Crippen molar-refractivity contribution in [2.45, 2.75) is 25.6 Å². The highest BCUT2D eigenvalue weighted by Crippen LogP contribution is 2.29. The first-order chi connectivity index (χ1) is 10.8. The van der Waals surface area contributed by atoms with Gasteiger partial charge in [0.15, 0.2) is 0 Å². The van der Waals surface area contributed by atoms with Crippen molar-refractivity contribution in [3.8, 4) is 17.5 Å². The third kappa shape index (κ3) is 4.29. The van der Waals surface area contributed by atoms with E-state index in [-0.39, 0.29) is 18.2 Å². The fourth-order valence-electron chi connectivity index (χ4n) is 1.74. The van der Waals surface area contributed by atoms with E-state index in [4.69, 9.17) is 5.26 Å². The first-order valence-corrected chi connectivity index (χ1v) is 6.49. The van der Waals surface area contributed by atoms with Gasteiger partial charge in [0.25, 0.3) is 0 Å². The molecule has 2 aromatic rings. The molecule has 0 aliphatic carbocycles. The predicted molar refractivity (Wildman–Crippen MR) is 71.7 cm³/mol. The zero-order chi connectivity index (χ0) is 17.0. The Hall–Kier alpha value is -2.89. The van der Waals surface area contributed by atoms with Gasteiger partial charge in [-0.3, -0.25) is 4.79 Å². The highest BCUT2D eigenvalue weighted by atomic mass is 19.4. The molecular weight excluding hydrogens is 313 g/mol. The van der Waals surface area contributed by atoms with E-state index in [1.54, 1.807) is 19.1 Å². The molecule has 1 N–H and O–H groups in total. The van der Waals surface area contributed by atoms with E-state index >= 15 is 0 Å². The molecule has 0 fully saturated rings. The Morgan fingerprint density at radius 3 is 2.57 bits per heavy atom. The molecule has 0 spiro atoms. The molecule has 2 rings (SSSR count). The van der Waals surface area contributed by atoms with Gasteiger partial charge in [-0.25, -0.2) is 0 Å². The number of nitriles is 1. The highest BCUT2D eigenvalue weighted by Gasteiger charge is 2.38. The number of hydrogen-bond acceptors (Lipinski definition) is 5. The molecular formula is C14H11F3N4O2. The van der Waals surface area contributed by atoms with Crippen molar-refractivity contribution in [1.82, 2.24) is 15.5 Å². The van der Waals surface area contributed by atoms with Crippen LogP contribution in [-0.2, 0) is 17.4 Å². The van der Waals surface area contributed by atoms with Gasteiger partial charge in [-0.15, -0.1) is 0 Å². The normalized spacial score (nSPS) is 12.5. The van der Waals surface area contributed by atoms with Crippen LogP contribution < -0.4 is 5.32 Å². The Bertz CT molecular complexity index is 732. The molecule has 1 aromatic heterocycles. The van der Waals surface area contributed by atoms with Gasteiger partial charge in [-0.1, -0.05) is 29.4 Å². The summed E-state index contributed by atoms with van der Waals surface area (Å²) in [7, 11) is 0. The summed E-state index contributed by atoms with van der Waals surface area (Å²) in [6.07, 6.45) is -4.65. The van der Waals surface area contributed by atoms with Crippen LogP contribution in [0, 0.1) is 11.3 Å². The van der Waals surface area contributed by atoms with Gasteiger partial charge in [-0.05, 0) is 12.5 Å². The van der Waals surface area contributed by atoms with Gasteiger partial charge in [0, 0.05) is 5.56 Å². The minimum absolute atomic E-state index is 0.0480. The van der Waals surface area contributed by atoms with Crippen LogP contribution in [0.3, 0.4) is 0 Å². The summed E-state index contributed by atoms with van der Waals surface area (Å²) >= 11 is 0. The topological polar surface area (TPSA) is 91.8 Å². The van der Waals surface area contributed by atoms with E-state index < -0.39 is 18.1 Å². The predicted octanol–water partition coefficient (Wildman–Crippen LogP) is 2.33. The van der Waals surface area contributed by atoms with Crippen LogP contribution in [0.4, 0.5) is 13.2 Å². The van der Waals surface area contributed by atoms with Crippen LogP contribution in [-0.4, -0.2) is 22.1 Å². The van der Waals surface area contributed by atoms with Gasteiger partial charge in [0.1, 0.15) is 6.04 Å². The zero-order valence-corrected chi connectivity index (χ0v) is 11.9. The number of hydrogen-bond donors (Lipinski definition) is 1. The summed E-state index contributed by atoms with van der Waals surface area (Å²) in [5.41, 5.74) is 0.967. The number of halogens is 3. The second-order valence-corrected chi connectivity index (χ2v) is 4.71. The summed E-state index contributed by atoms with van der Waals surface area (Å²) in [5, 5.41) is 14.4. The van der Waals surface area contributed by atoms with E-state index in [0.717, 1.165) is 0 Å². The second-order valence-electron chi connectivity index (χ2n) is 4.71. The van der Waals surface area contributed by atoms with Crippen molar-refractivity contribution in [3.05, 3.63) is 35.7 Å². The van der Waals surface area contributed by atoms with E-state index in [0.29, 0.717) is 11.1 Å². The van der Waals surface area contributed by atoms with Crippen LogP contribution in [0.2, 0.25) is 0 Å². The average Bonchev–Trinajstić information content (AvgIpc) is 2.97. The lowest BCUT2D eigenvalue weighted by Gasteiger charge is -2.06. The Labute approximate surface area is 128 Å². The summed E-state index contributed by atoms with van der Waals surface area (Å²) in [6.45, 7) is 1.55. The van der Waals surface area contributed by atoms with Crippen LogP contribution in [0.5, 0.6) is 0 Å². The molecule has 120 valence electrons. The number of carbonyl (C=O) groups is 1. The lowest BCUT2D eigenvalue weighted by molar-refractivity contribution is -0.159. The number of benzene rings is 1. The molecule has 0 saturated carbocycles. The molecule has 1 unspecified atom stereocenters. The fraction of sp³-hybridized carbons (Fsp3) is 0.286. The smallest absolute Gasteiger partial charge is 0.340 e. The van der Waals surface area contributed by atoms with Crippen LogP contribution in [0.25, 0.3) is 11.4 Å². The number of carbonyl (C=O) groups excluding carboxylic acids is 1. The standard InChI is InChI=1S/C14H11F3N4O2/c1-8(7-18)19-11(22)6-9-2-4-10(5-3-9)12-20-13(23-21-12)14(15,16)17/h2-5,8H,6H2,1H3,(H,19,22). The number of amides is 1.